The molecular formula is C25H22O6. The molecule has 3 aliphatic rings. The van der Waals surface area contributed by atoms with E-state index in [1.807, 2.05) is 24.3 Å². The van der Waals surface area contributed by atoms with Gasteiger partial charge in [-0.25, -0.2) is 4.79 Å². The SMILES string of the molecule is O=C(OCC1=C[C@H]2[C@H](C=C[C@H]2COCO)CO1)c1cccc2c1-c1ccccc1C2=O. The minimum absolute atomic E-state index is 0.0227. The highest BCUT2D eigenvalue weighted by Gasteiger charge is 2.35. The van der Waals surface area contributed by atoms with Crippen LogP contribution in [0.4, 0.5) is 0 Å². The predicted molar refractivity (Wildman–Crippen MR) is 112 cm³/mol. The van der Waals surface area contributed by atoms with Gasteiger partial charge in [-0.15, -0.1) is 0 Å². The largest absolute Gasteiger partial charge is 0.494 e. The average molecular weight is 418 g/mol. The second kappa shape index (κ2) is 8.13. The molecule has 0 bridgehead atoms. The quantitative estimate of drug-likeness (QED) is 0.376. The van der Waals surface area contributed by atoms with Gasteiger partial charge in [-0.1, -0.05) is 48.6 Å². The highest BCUT2D eigenvalue weighted by Crippen LogP contribution is 2.39. The van der Waals surface area contributed by atoms with Gasteiger partial charge < -0.3 is 19.3 Å². The molecular weight excluding hydrogens is 396 g/mol. The zero-order chi connectivity index (χ0) is 21.4. The Morgan fingerprint density at radius 3 is 2.71 bits per heavy atom. The molecule has 0 spiro atoms. The number of benzene rings is 2. The van der Waals surface area contributed by atoms with E-state index in [1.165, 1.54) is 0 Å². The highest BCUT2D eigenvalue weighted by molar-refractivity contribution is 6.24. The van der Waals surface area contributed by atoms with E-state index in [2.05, 4.69) is 12.2 Å². The maximum Gasteiger partial charge on any atom is 0.339 e. The summed E-state index contributed by atoms with van der Waals surface area (Å²) >= 11 is 0. The number of rotatable bonds is 6. The molecule has 0 radical (unpaired) electrons. The summed E-state index contributed by atoms with van der Waals surface area (Å²) in [6.45, 7) is 0.665. The molecule has 158 valence electrons. The Labute approximate surface area is 179 Å². The first-order chi connectivity index (χ1) is 15.2. The van der Waals surface area contributed by atoms with Crippen molar-refractivity contribution in [3.8, 4) is 11.1 Å². The van der Waals surface area contributed by atoms with Crippen molar-refractivity contribution in [2.24, 2.45) is 17.8 Å². The van der Waals surface area contributed by atoms with Crippen LogP contribution < -0.4 is 0 Å². The molecule has 31 heavy (non-hydrogen) atoms. The van der Waals surface area contributed by atoms with Gasteiger partial charge in [-0.05, 0) is 23.6 Å². The van der Waals surface area contributed by atoms with Crippen molar-refractivity contribution in [3.63, 3.8) is 0 Å². The van der Waals surface area contributed by atoms with E-state index >= 15 is 0 Å². The fourth-order valence-electron chi connectivity index (χ4n) is 4.65. The number of aliphatic hydroxyl groups is 1. The van der Waals surface area contributed by atoms with Gasteiger partial charge in [-0.3, -0.25) is 4.79 Å². The van der Waals surface area contributed by atoms with Crippen molar-refractivity contribution in [2.75, 3.05) is 26.6 Å². The molecule has 2 aromatic carbocycles. The Kier molecular flexibility index (Phi) is 5.18. The van der Waals surface area contributed by atoms with Crippen molar-refractivity contribution >= 4 is 11.8 Å². The summed E-state index contributed by atoms with van der Waals surface area (Å²) in [4.78, 5) is 25.6. The van der Waals surface area contributed by atoms with Crippen LogP contribution in [-0.4, -0.2) is 43.5 Å². The van der Waals surface area contributed by atoms with Crippen molar-refractivity contribution < 1.29 is 28.9 Å². The lowest BCUT2D eigenvalue weighted by molar-refractivity contribution is -0.0200. The third-order valence-electron chi connectivity index (χ3n) is 6.15. The first-order valence-corrected chi connectivity index (χ1v) is 10.3. The van der Waals surface area contributed by atoms with Crippen molar-refractivity contribution in [2.45, 2.75) is 0 Å². The molecule has 1 heterocycles. The normalized spacial score (nSPS) is 22.9. The lowest BCUT2D eigenvalue weighted by atomic mass is 9.87. The maximum absolute atomic E-state index is 12.9. The van der Waals surface area contributed by atoms with Crippen LogP contribution in [0.25, 0.3) is 11.1 Å². The third kappa shape index (κ3) is 3.48. The van der Waals surface area contributed by atoms with Crippen LogP contribution in [-0.2, 0) is 14.2 Å². The fraction of sp³-hybridized carbons (Fsp3) is 0.280. The van der Waals surface area contributed by atoms with E-state index < -0.39 is 5.97 Å². The standard InChI is InChI=1S/C25H22O6/c26-14-29-11-15-8-9-16-12-30-17(10-22(15)16)13-31-25(28)21-7-3-6-20-23(21)18-4-1-2-5-19(18)24(20)27/h1-10,15-16,22,26H,11-14H2/t15-,16+,22+/m0/s1. The zero-order valence-corrected chi connectivity index (χ0v) is 16.8. The summed E-state index contributed by atoms with van der Waals surface area (Å²) in [5.74, 6) is 0.654. The molecule has 6 nitrogen and oxygen atoms in total. The summed E-state index contributed by atoms with van der Waals surface area (Å²) in [6.07, 6.45) is 6.18. The van der Waals surface area contributed by atoms with Crippen LogP contribution in [0.2, 0.25) is 0 Å². The number of fused-ring (bicyclic) bond motifs is 4. The van der Waals surface area contributed by atoms with Crippen LogP contribution in [0.5, 0.6) is 0 Å². The molecule has 1 aliphatic heterocycles. The maximum atomic E-state index is 12.9. The minimum Gasteiger partial charge on any atom is -0.494 e. The zero-order valence-electron chi connectivity index (χ0n) is 16.8. The monoisotopic (exact) mass is 418 g/mol. The number of ketones is 1. The number of hydrogen-bond acceptors (Lipinski definition) is 6. The Morgan fingerprint density at radius 2 is 1.87 bits per heavy atom. The van der Waals surface area contributed by atoms with Crippen LogP contribution in [0.3, 0.4) is 0 Å². The Hall–Kier alpha value is -3.22. The molecule has 3 atom stereocenters. The van der Waals surface area contributed by atoms with Gasteiger partial charge >= 0.3 is 5.97 Å². The van der Waals surface area contributed by atoms with Gasteiger partial charge in [0.15, 0.2) is 5.78 Å². The average Bonchev–Trinajstić information content (AvgIpc) is 3.35. The molecule has 2 aromatic rings. The topological polar surface area (TPSA) is 82.1 Å². The molecule has 5 rings (SSSR count). The summed E-state index contributed by atoms with van der Waals surface area (Å²) in [5.41, 5.74) is 2.90. The highest BCUT2D eigenvalue weighted by atomic mass is 16.6. The van der Waals surface area contributed by atoms with Crippen molar-refractivity contribution in [3.05, 3.63) is 83.1 Å². The fourth-order valence-corrected chi connectivity index (χ4v) is 4.65. The lowest BCUT2D eigenvalue weighted by Gasteiger charge is -2.28. The third-order valence-corrected chi connectivity index (χ3v) is 6.15. The van der Waals surface area contributed by atoms with E-state index in [9.17, 15) is 9.59 Å². The first-order valence-electron chi connectivity index (χ1n) is 10.3. The molecule has 1 N–H and O–H groups in total. The molecule has 6 heteroatoms. The number of hydrogen-bond donors (Lipinski definition) is 1. The van der Waals surface area contributed by atoms with Crippen molar-refractivity contribution in [1.29, 1.82) is 0 Å². The van der Waals surface area contributed by atoms with Gasteiger partial charge in [0.05, 0.1) is 18.8 Å². The summed E-state index contributed by atoms with van der Waals surface area (Å²) < 4.78 is 16.5. The first kappa shape index (κ1) is 19.7. The van der Waals surface area contributed by atoms with Gasteiger partial charge in [0.25, 0.3) is 0 Å². The van der Waals surface area contributed by atoms with Gasteiger partial charge in [0.1, 0.15) is 19.2 Å². The number of carbonyl (C=O) groups is 2. The van der Waals surface area contributed by atoms with E-state index in [4.69, 9.17) is 19.3 Å². The molecule has 2 aliphatic carbocycles. The number of carbonyl (C=O) groups excluding carboxylic acids is 2. The van der Waals surface area contributed by atoms with Crippen LogP contribution in [0.1, 0.15) is 26.3 Å². The van der Waals surface area contributed by atoms with Gasteiger partial charge in [0, 0.05) is 28.5 Å². The van der Waals surface area contributed by atoms with E-state index in [-0.39, 0.29) is 36.9 Å². The predicted octanol–water partition coefficient (Wildman–Crippen LogP) is 3.35. The molecule has 0 saturated carbocycles. The second-order valence-corrected chi connectivity index (χ2v) is 7.91. The summed E-state index contributed by atoms with van der Waals surface area (Å²) in [7, 11) is 0. The van der Waals surface area contributed by atoms with E-state index in [0.717, 1.165) is 5.56 Å². The van der Waals surface area contributed by atoms with E-state index in [1.54, 1.807) is 24.3 Å². The summed E-state index contributed by atoms with van der Waals surface area (Å²) in [5, 5.41) is 8.91. The Balaban J connectivity index is 1.32. The van der Waals surface area contributed by atoms with Crippen LogP contribution in [0, 0.1) is 17.8 Å². The second-order valence-electron chi connectivity index (χ2n) is 7.91. The van der Waals surface area contributed by atoms with E-state index in [0.29, 0.717) is 41.2 Å². The number of ether oxygens (including phenoxy) is 3. The molecule has 0 fully saturated rings. The van der Waals surface area contributed by atoms with Crippen LogP contribution in [0.15, 0.2) is 66.5 Å². The molecule has 0 aromatic heterocycles. The lowest BCUT2D eigenvalue weighted by Crippen LogP contribution is -2.27. The smallest absolute Gasteiger partial charge is 0.339 e. The number of esters is 1. The number of allylic oxidation sites excluding steroid dienone is 1. The van der Waals surface area contributed by atoms with Gasteiger partial charge in [0.2, 0.25) is 0 Å². The Bertz CT molecular complexity index is 1100. The molecule has 0 saturated heterocycles. The van der Waals surface area contributed by atoms with Crippen LogP contribution >= 0.6 is 0 Å². The molecule has 0 amide bonds. The molecule has 0 unspecified atom stereocenters. The Morgan fingerprint density at radius 1 is 1.06 bits per heavy atom. The van der Waals surface area contributed by atoms with Gasteiger partial charge in [-0.2, -0.15) is 0 Å². The number of aliphatic hydroxyl groups excluding tert-OH is 1. The summed E-state index contributed by atoms with van der Waals surface area (Å²) in [6, 6.07) is 12.4. The minimum atomic E-state index is -0.488. The van der Waals surface area contributed by atoms with Crippen molar-refractivity contribution in [1.82, 2.24) is 0 Å².